The SMILES string of the molecule is OC1CCCCCC1NCc1cc(F)ccc1Cl. The van der Waals surface area contributed by atoms with Gasteiger partial charge in [-0.25, -0.2) is 4.39 Å². The number of hydrogen-bond acceptors (Lipinski definition) is 2. The molecule has 2 nitrogen and oxygen atoms in total. The van der Waals surface area contributed by atoms with Gasteiger partial charge in [0.1, 0.15) is 5.82 Å². The lowest BCUT2D eigenvalue weighted by Gasteiger charge is -2.22. The van der Waals surface area contributed by atoms with E-state index in [0.717, 1.165) is 31.2 Å². The highest BCUT2D eigenvalue weighted by Crippen LogP contribution is 2.20. The van der Waals surface area contributed by atoms with Gasteiger partial charge in [0.2, 0.25) is 0 Å². The number of benzene rings is 1. The highest BCUT2D eigenvalue weighted by Gasteiger charge is 2.21. The molecule has 0 bridgehead atoms. The zero-order valence-electron chi connectivity index (χ0n) is 10.3. The smallest absolute Gasteiger partial charge is 0.123 e. The van der Waals surface area contributed by atoms with E-state index in [-0.39, 0.29) is 18.0 Å². The van der Waals surface area contributed by atoms with Crippen LogP contribution in [0.3, 0.4) is 0 Å². The minimum absolute atomic E-state index is 0.0897. The monoisotopic (exact) mass is 271 g/mol. The Labute approximate surface area is 112 Å². The van der Waals surface area contributed by atoms with Crippen LogP contribution in [-0.4, -0.2) is 17.3 Å². The van der Waals surface area contributed by atoms with Gasteiger partial charge in [-0.2, -0.15) is 0 Å². The van der Waals surface area contributed by atoms with Gasteiger partial charge in [-0.3, -0.25) is 0 Å². The van der Waals surface area contributed by atoms with Gasteiger partial charge in [-0.05, 0) is 36.6 Å². The van der Waals surface area contributed by atoms with Gasteiger partial charge in [0.15, 0.2) is 0 Å². The minimum Gasteiger partial charge on any atom is -0.392 e. The molecule has 100 valence electrons. The largest absolute Gasteiger partial charge is 0.392 e. The summed E-state index contributed by atoms with van der Waals surface area (Å²) in [6, 6.07) is 4.45. The number of nitrogens with one attached hydrogen (secondary N) is 1. The lowest BCUT2D eigenvalue weighted by Crippen LogP contribution is -2.38. The summed E-state index contributed by atoms with van der Waals surface area (Å²) in [5, 5.41) is 13.8. The molecular formula is C14H19ClFNO. The van der Waals surface area contributed by atoms with Crippen LogP contribution in [0.5, 0.6) is 0 Å². The molecule has 1 saturated carbocycles. The first kappa shape index (κ1) is 13.8. The van der Waals surface area contributed by atoms with E-state index in [2.05, 4.69) is 5.32 Å². The summed E-state index contributed by atoms with van der Waals surface area (Å²) in [7, 11) is 0. The zero-order valence-corrected chi connectivity index (χ0v) is 11.1. The number of aliphatic hydroxyl groups is 1. The summed E-state index contributed by atoms with van der Waals surface area (Å²) in [6.07, 6.45) is 4.89. The molecule has 18 heavy (non-hydrogen) atoms. The topological polar surface area (TPSA) is 32.3 Å². The number of rotatable bonds is 3. The maximum atomic E-state index is 13.1. The second kappa shape index (κ2) is 6.50. The van der Waals surface area contributed by atoms with Crippen LogP contribution in [0, 0.1) is 5.82 Å². The highest BCUT2D eigenvalue weighted by molar-refractivity contribution is 6.31. The quantitative estimate of drug-likeness (QED) is 0.827. The third-order valence-corrected chi connectivity index (χ3v) is 3.91. The van der Waals surface area contributed by atoms with Gasteiger partial charge >= 0.3 is 0 Å². The van der Waals surface area contributed by atoms with Crippen molar-refractivity contribution in [3.8, 4) is 0 Å². The van der Waals surface area contributed by atoms with Gasteiger partial charge < -0.3 is 10.4 Å². The fourth-order valence-corrected chi connectivity index (χ4v) is 2.63. The standard InChI is InChI=1S/C14H19ClFNO/c15-12-7-6-11(16)8-10(12)9-17-13-4-2-1-3-5-14(13)18/h6-8,13-14,17-18H,1-5,9H2. The Hall–Kier alpha value is -0.640. The molecule has 1 fully saturated rings. The van der Waals surface area contributed by atoms with Crippen molar-refractivity contribution in [2.75, 3.05) is 0 Å². The number of halogens is 2. The zero-order chi connectivity index (χ0) is 13.0. The van der Waals surface area contributed by atoms with E-state index in [0.29, 0.717) is 11.6 Å². The molecule has 0 amide bonds. The third kappa shape index (κ3) is 3.67. The average Bonchev–Trinajstić information content (AvgIpc) is 2.55. The molecular weight excluding hydrogens is 253 g/mol. The van der Waals surface area contributed by atoms with Gasteiger partial charge in [0, 0.05) is 17.6 Å². The second-order valence-corrected chi connectivity index (χ2v) is 5.34. The Morgan fingerprint density at radius 2 is 2.06 bits per heavy atom. The van der Waals surface area contributed by atoms with Gasteiger partial charge in [0.25, 0.3) is 0 Å². The minimum atomic E-state index is -0.306. The van der Waals surface area contributed by atoms with Crippen LogP contribution in [0.2, 0.25) is 5.02 Å². The Morgan fingerprint density at radius 1 is 1.28 bits per heavy atom. The first-order valence-electron chi connectivity index (χ1n) is 6.52. The third-order valence-electron chi connectivity index (χ3n) is 3.54. The summed E-state index contributed by atoms with van der Waals surface area (Å²) < 4.78 is 13.1. The first-order chi connectivity index (χ1) is 8.66. The Bertz CT molecular complexity index is 399. The molecule has 2 N–H and O–H groups in total. The first-order valence-corrected chi connectivity index (χ1v) is 6.90. The van der Waals surface area contributed by atoms with E-state index in [1.54, 1.807) is 6.07 Å². The van der Waals surface area contributed by atoms with Crippen molar-refractivity contribution in [2.45, 2.75) is 50.8 Å². The molecule has 2 unspecified atom stereocenters. The summed E-state index contributed by atoms with van der Waals surface area (Å²) in [5.74, 6) is -0.280. The summed E-state index contributed by atoms with van der Waals surface area (Å²) in [6.45, 7) is 0.498. The molecule has 2 atom stereocenters. The molecule has 1 aromatic rings. The normalized spacial score (nSPS) is 24.8. The van der Waals surface area contributed by atoms with Crippen LogP contribution in [0.1, 0.15) is 37.7 Å². The molecule has 1 aromatic carbocycles. The van der Waals surface area contributed by atoms with Crippen LogP contribution < -0.4 is 5.32 Å². The van der Waals surface area contributed by atoms with Crippen LogP contribution in [0.15, 0.2) is 18.2 Å². The van der Waals surface area contributed by atoms with Crippen molar-refractivity contribution < 1.29 is 9.50 Å². The highest BCUT2D eigenvalue weighted by atomic mass is 35.5. The van der Waals surface area contributed by atoms with Crippen molar-refractivity contribution in [3.63, 3.8) is 0 Å². The number of aliphatic hydroxyl groups excluding tert-OH is 1. The maximum Gasteiger partial charge on any atom is 0.123 e. The maximum absolute atomic E-state index is 13.1. The molecule has 1 aliphatic carbocycles. The molecule has 0 aromatic heterocycles. The van der Waals surface area contributed by atoms with E-state index < -0.39 is 0 Å². The summed E-state index contributed by atoms with van der Waals surface area (Å²) in [4.78, 5) is 0. The summed E-state index contributed by atoms with van der Waals surface area (Å²) >= 11 is 6.01. The van der Waals surface area contributed by atoms with Crippen LogP contribution in [0.25, 0.3) is 0 Å². The van der Waals surface area contributed by atoms with E-state index in [4.69, 9.17) is 11.6 Å². The fourth-order valence-electron chi connectivity index (χ4n) is 2.45. The molecule has 0 saturated heterocycles. The van der Waals surface area contributed by atoms with Crippen molar-refractivity contribution in [3.05, 3.63) is 34.6 Å². The van der Waals surface area contributed by atoms with E-state index in [1.165, 1.54) is 18.6 Å². The molecule has 4 heteroatoms. The van der Waals surface area contributed by atoms with Crippen molar-refractivity contribution in [2.24, 2.45) is 0 Å². The molecule has 0 aliphatic heterocycles. The van der Waals surface area contributed by atoms with Crippen molar-refractivity contribution in [1.82, 2.24) is 5.32 Å². The molecule has 0 heterocycles. The lowest BCUT2D eigenvalue weighted by molar-refractivity contribution is 0.119. The molecule has 2 rings (SSSR count). The van der Waals surface area contributed by atoms with Crippen LogP contribution >= 0.6 is 11.6 Å². The van der Waals surface area contributed by atoms with Crippen LogP contribution in [0.4, 0.5) is 4.39 Å². The Balaban J connectivity index is 1.95. The fraction of sp³-hybridized carbons (Fsp3) is 0.571. The second-order valence-electron chi connectivity index (χ2n) is 4.93. The lowest BCUT2D eigenvalue weighted by atomic mass is 10.1. The Morgan fingerprint density at radius 3 is 2.89 bits per heavy atom. The average molecular weight is 272 g/mol. The predicted octanol–water partition coefficient (Wildman–Crippen LogP) is 3.26. The van der Waals surface area contributed by atoms with E-state index >= 15 is 0 Å². The number of hydrogen-bond donors (Lipinski definition) is 2. The predicted molar refractivity (Wildman–Crippen MR) is 71.1 cm³/mol. The molecule has 0 spiro atoms. The van der Waals surface area contributed by atoms with Gasteiger partial charge in [-0.1, -0.05) is 30.9 Å². The van der Waals surface area contributed by atoms with Crippen molar-refractivity contribution >= 4 is 11.6 Å². The van der Waals surface area contributed by atoms with Crippen molar-refractivity contribution in [1.29, 1.82) is 0 Å². The van der Waals surface area contributed by atoms with E-state index in [9.17, 15) is 9.50 Å². The molecule has 0 radical (unpaired) electrons. The van der Waals surface area contributed by atoms with Gasteiger partial charge in [0.05, 0.1) is 6.10 Å². The Kier molecular flexibility index (Phi) is 4.98. The van der Waals surface area contributed by atoms with Crippen LogP contribution in [-0.2, 0) is 6.54 Å². The summed E-state index contributed by atoms with van der Waals surface area (Å²) in [5.41, 5.74) is 0.744. The van der Waals surface area contributed by atoms with E-state index in [1.807, 2.05) is 0 Å². The van der Waals surface area contributed by atoms with Gasteiger partial charge in [-0.15, -0.1) is 0 Å². The molecule has 1 aliphatic rings.